The highest BCUT2D eigenvalue weighted by Gasteiger charge is 2.26. The van der Waals surface area contributed by atoms with Crippen LogP contribution in [0.15, 0.2) is 28.8 Å². The summed E-state index contributed by atoms with van der Waals surface area (Å²) in [5.41, 5.74) is -0.659. The quantitative estimate of drug-likeness (QED) is 0.710. The van der Waals surface area contributed by atoms with Gasteiger partial charge in [0.25, 0.3) is 0 Å². The normalized spacial score (nSPS) is 17.1. The second-order valence-corrected chi connectivity index (χ2v) is 7.49. The summed E-state index contributed by atoms with van der Waals surface area (Å²) in [7, 11) is 4.10. The summed E-state index contributed by atoms with van der Waals surface area (Å²) in [6.45, 7) is 1.67. The number of hydrogen-bond donors (Lipinski definition) is 1. The predicted molar refractivity (Wildman–Crippen MR) is 102 cm³/mol. The summed E-state index contributed by atoms with van der Waals surface area (Å²) in [4.78, 5) is 41.5. The summed E-state index contributed by atoms with van der Waals surface area (Å²) in [6.07, 6.45) is 5.45. The van der Waals surface area contributed by atoms with Gasteiger partial charge in [-0.15, -0.1) is 11.3 Å². The van der Waals surface area contributed by atoms with Crippen molar-refractivity contribution in [3.8, 4) is 5.13 Å². The van der Waals surface area contributed by atoms with Crippen LogP contribution in [-0.2, 0) is 0 Å². The van der Waals surface area contributed by atoms with Crippen molar-refractivity contribution in [3.05, 3.63) is 39.8 Å². The number of carbonyl (C=O) groups is 1. The SMILES string of the molecule is CN(C)[C@H]1CCN(c2cnc3c(=O)c(C(=O)O)cn(-c4nccs4)c3n2)C1. The molecule has 140 valence electrons. The molecule has 27 heavy (non-hydrogen) atoms. The zero-order chi connectivity index (χ0) is 19.1. The maximum absolute atomic E-state index is 12.5. The van der Waals surface area contributed by atoms with Crippen LogP contribution in [-0.4, -0.2) is 68.7 Å². The molecule has 1 aliphatic rings. The fourth-order valence-electron chi connectivity index (χ4n) is 3.23. The molecule has 0 amide bonds. The Hall–Kier alpha value is -2.85. The van der Waals surface area contributed by atoms with Gasteiger partial charge in [0.05, 0.1) is 6.20 Å². The van der Waals surface area contributed by atoms with Crippen LogP contribution in [0.5, 0.6) is 0 Å². The summed E-state index contributed by atoms with van der Waals surface area (Å²) in [5, 5.41) is 11.7. The Bertz CT molecular complexity index is 1060. The van der Waals surface area contributed by atoms with Gasteiger partial charge in [0.15, 0.2) is 16.3 Å². The van der Waals surface area contributed by atoms with Gasteiger partial charge in [-0.25, -0.2) is 19.7 Å². The molecule has 4 heterocycles. The van der Waals surface area contributed by atoms with Gasteiger partial charge in [-0.2, -0.15) is 0 Å². The molecule has 1 saturated heterocycles. The lowest BCUT2D eigenvalue weighted by Crippen LogP contribution is -2.32. The smallest absolute Gasteiger partial charge is 0.341 e. The van der Waals surface area contributed by atoms with Gasteiger partial charge in [-0.3, -0.25) is 9.36 Å². The van der Waals surface area contributed by atoms with Crippen molar-refractivity contribution in [2.24, 2.45) is 0 Å². The fourth-order valence-corrected chi connectivity index (χ4v) is 3.85. The van der Waals surface area contributed by atoms with Gasteiger partial charge in [-0.1, -0.05) is 0 Å². The molecular formula is C17H18N6O3S. The number of rotatable bonds is 4. The van der Waals surface area contributed by atoms with Crippen molar-refractivity contribution in [2.75, 3.05) is 32.1 Å². The number of anilines is 1. The number of carboxylic acid groups (broad SMARTS) is 1. The number of likely N-dealkylation sites (N-methyl/N-ethyl adjacent to an activating group) is 1. The Morgan fingerprint density at radius 1 is 1.37 bits per heavy atom. The van der Waals surface area contributed by atoms with Gasteiger partial charge in [0.1, 0.15) is 11.4 Å². The third-order valence-corrected chi connectivity index (χ3v) is 5.53. The Kier molecular flexibility index (Phi) is 4.36. The van der Waals surface area contributed by atoms with Crippen molar-refractivity contribution in [2.45, 2.75) is 12.5 Å². The van der Waals surface area contributed by atoms with Gasteiger partial charge in [-0.05, 0) is 20.5 Å². The highest BCUT2D eigenvalue weighted by molar-refractivity contribution is 7.12. The molecule has 0 bridgehead atoms. The number of hydrogen-bond acceptors (Lipinski definition) is 8. The number of nitrogens with zero attached hydrogens (tertiary/aromatic N) is 6. The first-order valence-electron chi connectivity index (χ1n) is 8.42. The minimum Gasteiger partial charge on any atom is -0.477 e. The molecule has 0 unspecified atom stereocenters. The molecule has 10 heteroatoms. The third kappa shape index (κ3) is 3.06. The Morgan fingerprint density at radius 2 is 2.19 bits per heavy atom. The van der Waals surface area contributed by atoms with E-state index in [1.807, 2.05) is 14.1 Å². The largest absolute Gasteiger partial charge is 0.477 e. The Balaban J connectivity index is 1.88. The lowest BCUT2D eigenvalue weighted by molar-refractivity contribution is 0.0695. The van der Waals surface area contributed by atoms with E-state index in [0.29, 0.717) is 22.6 Å². The van der Waals surface area contributed by atoms with Crippen LogP contribution in [0.4, 0.5) is 5.82 Å². The summed E-state index contributed by atoms with van der Waals surface area (Å²) in [6, 6.07) is 0.429. The average molecular weight is 386 g/mol. The first-order valence-corrected chi connectivity index (χ1v) is 9.30. The van der Waals surface area contributed by atoms with Crippen LogP contribution >= 0.6 is 11.3 Å². The monoisotopic (exact) mass is 386 g/mol. The van der Waals surface area contributed by atoms with Crippen LogP contribution in [0.1, 0.15) is 16.8 Å². The maximum Gasteiger partial charge on any atom is 0.341 e. The Labute approximate surface area is 158 Å². The zero-order valence-corrected chi connectivity index (χ0v) is 15.7. The van der Waals surface area contributed by atoms with E-state index in [1.54, 1.807) is 17.8 Å². The highest BCUT2D eigenvalue weighted by Crippen LogP contribution is 2.23. The van der Waals surface area contributed by atoms with Crippen LogP contribution in [0.25, 0.3) is 16.3 Å². The summed E-state index contributed by atoms with van der Waals surface area (Å²) >= 11 is 1.33. The lowest BCUT2D eigenvalue weighted by Gasteiger charge is -2.21. The summed E-state index contributed by atoms with van der Waals surface area (Å²) < 4.78 is 1.53. The van der Waals surface area contributed by atoms with Crippen molar-refractivity contribution >= 4 is 34.3 Å². The van der Waals surface area contributed by atoms with Gasteiger partial charge in [0.2, 0.25) is 5.43 Å². The molecule has 1 atom stereocenters. The van der Waals surface area contributed by atoms with Gasteiger partial charge < -0.3 is 14.9 Å². The molecule has 3 aromatic heterocycles. The molecule has 0 aromatic carbocycles. The zero-order valence-electron chi connectivity index (χ0n) is 14.9. The molecule has 0 saturated carbocycles. The van der Waals surface area contributed by atoms with Crippen molar-refractivity contribution in [1.82, 2.24) is 24.4 Å². The van der Waals surface area contributed by atoms with E-state index in [-0.39, 0.29) is 11.1 Å². The number of carboxylic acids is 1. The fraction of sp³-hybridized carbons (Fsp3) is 0.353. The maximum atomic E-state index is 12.5. The van der Waals surface area contributed by atoms with E-state index in [4.69, 9.17) is 0 Å². The van der Waals surface area contributed by atoms with Crippen LogP contribution < -0.4 is 10.3 Å². The average Bonchev–Trinajstić information content (AvgIpc) is 3.33. The topological polar surface area (TPSA) is 104 Å². The van der Waals surface area contributed by atoms with E-state index < -0.39 is 11.4 Å². The number of aromatic nitrogens is 4. The molecular weight excluding hydrogens is 368 g/mol. The molecule has 9 nitrogen and oxygen atoms in total. The number of fused-ring (bicyclic) bond motifs is 1. The summed E-state index contributed by atoms with van der Waals surface area (Å²) in [5.74, 6) is -0.633. The minimum atomic E-state index is -1.30. The van der Waals surface area contributed by atoms with Crippen LogP contribution in [0.3, 0.4) is 0 Å². The molecule has 3 aromatic rings. The molecule has 0 aliphatic carbocycles. The third-order valence-electron chi connectivity index (χ3n) is 4.76. The molecule has 1 N–H and O–H groups in total. The van der Waals surface area contributed by atoms with Gasteiger partial charge >= 0.3 is 5.97 Å². The van der Waals surface area contributed by atoms with E-state index >= 15 is 0 Å². The first-order chi connectivity index (χ1) is 13.0. The van der Waals surface area contributed by atoms with E-state index in [2.05, 4.69) is 24.8 Å². The first kappa shape index (κ1) is 17.6. The number of pyridine rings is 1. The van der Waals surface area contributed by atoms with Crippen LogP contribution in [0.2, 0.25) is 0 Å². The standard InChI is InChI=1S/C17H18N6O3S/c1-21(2)10-3-5-22(8-10)12-7-19-13-14(24)11(16(25)26)9-23(15(13)20-12)17-18-4-6-27-17/h4,6-7,9-10H,3,5,8H2,1-2H3,(H,25,26)/t10-/m0/s1. The Morgan fingerprint density at radius 3 is 2.81 bits per heavy atom. The van der Waals surface area contributed by atoms with E-state index in [9.17, 15) is 14.7 Å². The molecule has 1 fully saturated rings. The molecule has 0 radical (unpaired) electrons. The molecule has 4 rings (SSSR count). The minimum absolute atomic E-state index is 0.0252. The van der Waals surface area contributed by atoms with E-state index in [0.717, 1.165) is 19.5 Å². The second kappa shape index (κ2) is 6.71. The van der Waals surface area contributed by atoms with Crippen molar-refractivity contribution in [3.63, 3.8) is 0 Å². The highest BCUT2D eigenvalue weighted by atomic mass is 32.1. The second-order valence-electron chi connectivity index (χ2n) is 6.61. The van der Waals surface area contributed by atoms with Crippen molar-refractivity contribution in [1.29, 1.82) is 0 Å². The molecule has 1 aliphatic heterocycles. The van der Waals surface area contributed by atoms with E-state index in [1.165, 1.54) is 22.1 Å². The number of thiazole rings is 1. The predicted octanol–water partition coefficient (Wildman–Crippen LogP) is 1.08. The molecule has 0 spiro atoms. The van der Waals surface area contributed by atoms with Crippen LogP contribution in [0, 0.1) is 0 Å². The number of aromatic carboxylic acids is 1. The lowest BCUT2D eigenvalue weighted by atomic mass is 10.2. The van der Waals surface area contributed by atoms with Crippen molar-refractivity contribution < 1.29 is 9.90 Å². The van der Waals surface area contributed by atoms with Gasteiger partial charge in [0, 0.05) is 36.9 Å².